The highest BCUT2D eigenvalue weighted by atomic mass is 16.2. The predicted octanol–water partition coefficient (Wildman–Crippen LogP) is 0.0274. The first-order chi connectivity index (χ1) is 8.26. The molecule has 0 aromatic carbocycles. The number of carbonyl (C=O) groups is 1. The molecule has 1 fully saturated rings. The maximum absolute atomic E-state index is 12.2. The van der Waals surface area contributed by atoms with Crippen LogP contribution >= 0.6 is 0 Å². The molecule has 0 bridgehead atoms. The molecular weight excluding hydrogens is 218 g/mol. The number of hydrogen-bond donors (Lipinski definition) is 1. The lowest BCUT2D eigenvalue weighted by molar-refractivity contribution is 0.0756. The van der Waals surface area contributed by atoms with Crippen LogP contribution in [0.25, 0.3) is 0 Å². The Balaban J connectivity index is 2.07. The van der Waals surface area contributed by atoms with E-state index in [-0.39, 0.29) is 5.91 Å². The van der Waals surface area contributed by atoms with Gasteiger partial charge < -0.3 is 10.6 Å². The third-order valence-electron chi connectivity index (χ3n) is 2.69. The molecule has 0 spiro atoms. The summed E-state index contributed by atoms with van der Waals surface area (Å²) in [5, 5.41) is 7.74. The summed E-state index contributed by atoms with van der Waals surface area (Å²) >= 11 is 0. The van der Waals surface area contributed by atoms with Gasteiger partial charge in [-0.3, -0.25) is 9.48 Å². The van der Waals surface area contributed by atoms with Crippen molar-refractivity contribution in [3.63, 3.8) is 0 Å². The molecule has 1 saturated carbocycles. The third kappa shape index (κ3) is 2.71. The first kappa shape index (κ1) is 11.8. The summed E-state index contributed by atoms with van der Waals surface area (Å²) in [4.78, 5) is 14.0. The quantitative estimate of drug-likeness (QED) is 0.706. The number of rotatable bonds is 6. The Kier molecular flexibility index (Phi) is 3.53. The minimum atomic E-state index is -0.0735. The van der Waals surface area contributed by atoms with E-state index in [2.05, 4.69) is 16.9 Å². The standard InChI is InChI=1S/C11H17N5O/c1-2-6-16(9-3-4-9)11(17)10-8-15(7-5-12)14-13-10/h2,8-9H,1,3-7,12H2. The van der Waals surface area contributed by atoms with Crippen molar-refractivity contribution in [2.24, 2.45) is 5.73 Å². The van der Waals surface area contributed by atoms with Crippen molar-refractivity contribution in [1.82, 2.24) is 19.9 Å². The summed E-state index contributed by atoms with van der Waals surface area (Å²) in [6, 6.07) is 0.347. The normalized spacial score (nSPS) is 14.6. The fraction of sp³-hybridized carbons (Fsp3) is 0.545. The number of aromatic nitrogens is 3. The lowest BCUT2D eigenvalue weighted by Gasteiger charge is -2.18. The number of nitrogens with two attached hydrogens (primary N) is 1. The van der Waals surface area contributed by atoms with E-state index in [0.29, 0.717) is 31.4 Å². The van der Waals surface area contributed by atoms with Crippen LogP contribution < -0.4 is 5.73 Å². The third-order valence-corrected chi connectivity index (χ3v) is 2.69. The second kappa shape index (κ2) is 5.09. The molecule has 1 aliphatic carbocycles. The van der Waals surface area contributed by atoms with Crippen LogP contribution in [-0.4, -0.2) is 44.9 Å². The minimum Gasteiger partial charge on any atom is -0.331 e. The SMILES string of the molecule is C=CCN(C(=O)c1cn(CCN)nn1)C1CC1. The predicted molar refractivity (Wildman–Crippen MR) is 63.3 cm³/mol. The van der Waals surface area contributed by atoms with Crippen LogP contribution in [0.2, 0.25) is 0 Å². The molecule has 1 amide bonds. The van der Waals surface area contributed by atoms with Crippen LogP contribution in [0.5, 0.6) is 0 Å². The van der Waals surface area contributed by atoms with E-state index >= 15 is 0 Å². The van der Waals surface area contributed by atoms with Crippen LogP contribution in [0.3, 0.4) is 0 Å². The van der Waals surface area contributed by atoms with Crippen molar-refractivity contribution < 1.29 is 4.79 Å². The van der Waals surface area contributed by atoms with Crippen LogP contribution in [0.15, 0.2) is 18.9 Å². The molecule has 2 N–H and O–H groups in total. The molecule has 2 rings (SSSR count). The van der Waals surface area contributed by atoms with Crippen molar-refractivity contribution >= 4 is 5.91 Å². The minimum absolute atomic E-state index is 0.0735. The lowest BCUT2D eigenvalue weighted by atomic mass is 10.3. The topological polar surface area (TPSA) is 77.0 Å². The Morgan fingerprint density at radius 2 is 2.47 bits per heavy atom. The van der Waals surface area contributed by atoms with E-state index in [1.807, 2.05) is 0 Å². The molecule has 1 aromatic rings. The summed E-state index contributed by atoms with van der Waals surface area (Å²) in [5.41, 5.74) is 5.80. The smallest absolute Gasteiger partial charge is 0.276 e. The zero-order valence-corrected chi connectivity index (χ0v) is 9.75. The highest BCUT2D eigenvalue weighted by Crippen LogP contribution is 2.27. The Labute approximate surface area is 100 Å². The van der Waals surface area contributed by atoms with Gasteiger partial charge in [-0.2, -0.15) is 0 Å². The van der Waals surface area contributed by atoms with E-state index in [1.54, 1.807) is 21.9 Å². The van der Waals surface area contributed by atoms with E-state index < -0.39 is 0 Å². The van der Waals surface area contributed by atoms with Crippen molar-refractivity contribution in [2.75, 3.05) is 13.1 Å². The van der Waals surface area contributed by atoms with Gasteiger partial charge in [0.05, 0.1) is 12.7 Å². The molecule has 17 heavy (non-hydrogen) atoms. The molecule has 6 nitrogen and oxygen atoms in total. The fourth-order valence-electron chi connectivity index (χ4n) is 1.71. The van der Waals surface area contributed by atoms with Gasteiger partial charge in [-0.1, -0.05) is 11.3 Å². The maximum atomic E-state index is 12.2. The molecule has 0 aliphatic heterocycles. The van der Waals surface area contributed by atoms with Crippen molar-refractivity contribution in [1.29, 1.82) is 0 Å². The molecule has 6 heteroatoms. The van der Waals surface area contributed by atoms with Gasteiger partial charge >= 0.3 is 0 Å². The highest BCUT2D eigenvalue weighted by Gasteiger charge is 2.33. The first-order valence-electron chi connectivity index (χ1n) is 5.78. The fourth-order valence-corrected chi connectivity index (χ4v) is 1.71. The van der Waals surface area contributed by atoms with Crippen molar-refractivity contribution in [2.45, 2.75) is 25.4 Å². The van der Waals surface area contributed by atoms with Gasteiger partial charge in [0.15, 0.2) is 5.69 Å². The summed E-state index contributed by atoms with van der Waals surface area (Å²) < 4.78 is 1.59. The Bertz CT molecular complexity index is 410. The summed E-state index contributed by atoms with van der Waals surface area (Å²) in [6.45, 7) is 5.29. The zero-order chi connectivity index (χ0) is 12.3. The van der Waals surface area contributed by atoms with Gasteiger partial charge in [0, 0.05) is 19.1 Å². The second-order valence-corrected chi connectivity index (χ2v) is 4.13. The van der Waals surface area contributed by atoms with Crippen LogP contribution in [0.4, 0.5) is 0 Å². The average Bonchev–Trinajstić information content (AvgIpc) is 3.06. The number of carbonyl (C=O) groups excluding carboxylic acids is 1. The van der Waals surface area contributed by atoms with Gasteiger partial charge in [0.1, 0.15) is 0 Å². The number of nitrogens with zero attached hydrogens (tertiary/aromatic N) is 4. The highest BCUT2D eigenvalue weighted by molar-refractivity contribution is 5.92. The van der Waals surface area contributed by atoms with Crippen LogP contribution in [0, 0.1) is 0 Å². The lowest BCUT2D eigenvalue weighted by Crippen LogP contribution is -2.33. The monoisotopic (exact) mass is 235 g/mol. The van der Waals surface area contributed by atoms with Gasteiger partial charge in [-0.05, 0) is 12.8 Å². The summed E-state index contributed by atoms with van der Waals surface area (Å²) in [6.07, 6.45) is 5.52. The van der Waals surface area contributed by atoms with Gasteiger partial charge in [0.25, 0.3) is 5.91 Å². The number of hydrogen-bond acceptors (Lipinski definition) is 4. The average molecular weight is 235 g/mol. The Morgan fingerprint density at radius 1 is 1.71 bits per heavy atom. The number of amides is 1. The molecule has 1 aliphatic rings. The molecule has 0 unspecified atom stereocenters. The van der Waals surface area contributed by atoms with Crippen molar-refractivity contribution in [3.05, 3.63) is 24.5 Å². The van der Waals surface area contributed by atoms with Crippen LogP contribution in [-0.2, 0) is 6.54 Å². The maximum Gasteiger partial charge on any atom is 0.276 e. The largest absolute Gasteiger partial charge is 0.331 e. The van der Waals surface area contributed by atoms with Gasteiger partial charge in [0.2, 0.25) is 0 Å². The molecule has 0 radical (unpaired) electrons. The molecule has 1 heterocycles. The molecular formula is C11H17N5O. The zero-order valence-electron chi connectivity index (χ0n) is 9.75. The Hall–Kier alpha value is -1.69. The molecule has 1 aromatic heterocycles. The summed E-state index contributed by atoms with van der Waals surface area (Å²) in [5.74, 6) is -0.0735. The van der Waals surface area contributed by atoms with Gasteiger partial charge in [-0.25, -0.2) is 0 Å². The molecule has 92 valence electrons. The summed E-state index contributed by atoms with van der Waals surface area (Å²) in [7, 11) is 0. The van der Waals surface area contributed by atoms with E-state index in [0.717, 1.165) is 12.8 Å². The second-order valence-electron chi connectivity index (χ2n) is 4.13. The molecule has 0 saturated heterocycles. The Morgan fingerprint density at radius 3 is 3.06 bits per heavy atom. The van der Waals surface area contributed by atoms with Crippen molar-refractivity contribution in [3.8, 4) is 0 Å². The van der Waals surface area contributed by atoms with E-state index in [1.165, 1.54) is 0 Å². The first-order valence-corrected chi connectivity index (χ1v) is 5.78. The van der Waals surface area contributed by atoms with Crippen LogP contribution in [0.1, 0.15) is 23.3 Å². The van der Waals surface area contributed by atoms with E-state index in [9.17, 15) is 4.79 Å². The van der Waals surface area contributed by atoms with E-state index in [4.69, 9.17) is 5.73 Å². The molecule has 0 atom stereocenters. The van der Waals surface area contributed by atoms with Gasteiger partial charge in [-0.15, -0.1) is 11.7 Å².